The molecule has 1 aliphatic heterocycles. The van der Waals surface area contributed by atoms with Crippen LogP contribution >= 0.6 is 0 Å². The van der Waals surface area contributed by atoms with Crippen molar-refractivity contribution in [2.24, 2.45) is 5.73 Å². The molecule has 5 heteroatoms. The SMILES string of the molecule is NC(=O)[C@H]1CCCCN1CC(=O)NCCC1=CCCCC1. The van der Waals surface area contributed by atoms with E-state index < -0.39 is 0 Å². The highest BCUT2D eigenvalue weighted by atomic mass is 16.2. The number of likely N-dealkylation sites (tertiary alicyclic amines) is 1. The van der Waals surface area contributed by atoms with Gasteiger partial charge in [0.05, 0.1) is 12.6 Å². The first-order chi connectivity index (χ1) is 10.2. The summed E-state index contributed by atoms with van der Waals surface area (Å²) in [5.74, 6) is -0.311. The molecule has 2 rings (SSSR count). The zero-order valence-electron chi connectivity index (χ0n) is 12.8. The lowest BCUT2D eigenvalue weighted by Gasteiger charge is -2.32. The number of amides is 2. The highest BCUT2D eigenvalue weighted by Gasteiger charge is 2.28. The first-order valence-corrected chi connectivity index (χ1v) is 8.15. The first-order valence-electron chi connectivity index (χ1n) is 8.15. The molecule has 0 spiro atoms. The fourth-order valence-electron chi connectivity index (χ4n) is 3.24. The van der Waals surface area contributed by atoms with Gasteiger partial charge in [-0.15, -0.1) is 0 Å². The fourth-order valence-corrected chi connectivity index (χ4v) is 3.24. The molecule has 21 heavy (non-hydrogen) atoms. The van der Waals surface area contributed by atoms with Crippen molar-refractivity contribution >= 4 is 11.8 Å². The molecule has 0 aromatic rings. The van der Waals surface area contributed by atoms with Crippen LogP contribution in [-0.2, 0) is 9.59 Å². The Kier molecular flexibility index (Phi) is 6.23. The number of carbonyl (C=O) groups excluding carboxylic acids is 2. The van der Waals surface area contributed by atoms with Gasteiger partial charge in [-0.25, -0.2) is 0 Å². The van der Waals surface area contributed by atoms with E-state index in [1.807, 2.05) is 4.90 Å². The van der Waals surface area contributed by atoms with Gasteiger partial charge in [0.1, 0.15) is 0 Å². The third-order valence-electron chi connectivity index (χ3n) is 4.44. The average molecular weight is 293 g/mol. The Hall–Kier alpha value is -1.36. The zero-order chi connectivity index (χ0) is 15.1. The predicted octanol–water partition coefficient (Wildman–Crippen LogP) is 1.33. The molecule has 2 amide bonds. The summed E-state index contributed by atoms with van der Waals surface area (Å²) in [7, 11) is 0. The van der Waals surface area contributed by atoms with E-state index in [9.17, 15) is 9.59 Å². The predicted molar refractivity (Wildman–Crippen MR) is 82.6 cm³/mol. The van der Waals surface area contributed by atoms with Crippen molar-refractivity contribution in [2.45, 2.75) is 57.4 Å². The fraction of sp³-hybridized carbons (Fsp3) is 0.750. The van der Waals surface area contributed by atoms with Gasteiger partial charge in [0.2, 0.25) is 11.8 Å². The van der Waals surface area contributed by atoms with E-state index in [1.54, 1.807) is 0 Å². The number of nitrogens with one attached hydrogen (secondary N) is 1. The van der Waals surface area contributed by atoms with E-state index in [2.05, 4.69) is 11.4 Å². The van der Waals surface area contributed by atoms with Gasteiger partial charge in [0.25, 0.3) is 0 Å². The van der Waals surface area contributed by atoms with E-state index in [4.69, 9.17) is 5.73 Å². The van der Waals surface area contributed by atoms with Crippen molar-refractivity contribution < 1.29 is 9.59 Å². The summed E-state index contributed by atoms with van der Waals surface area (Å²) in [6, 6.07) is -0.273. The van der Waals surface area contributed by atoms with Gasteiger partial charge in [0, 0.05) is 6.54 Å². The van der Waals surface area contributed by atoms with Crippen molar-refractivity contribution in [3.8, 4) is 0 Å². The third-order valence-corrected chi connectivity index (χ3v) is 4.44. The highest BCUT2D eigenvalue weighted by molar-refractivity contribution is 5.82. The normalized spacial score (nSPS) is 23.4. The Morgan fingerprint density at radius 2 is 2.14 bits per heavy atom. The minimum absolute atomic E-state index is 0.000408. The molecule has 1 aliphatic carbocycles. The molecule has 5 nitrogen and oxygen atoms in total. The summed E-state index contributed by atoms with van der Waals surface area (Å²) in [5, 5.41) is 2.96. The Bertz CT molecular complexity index is 406. The minimum atomic E-state index is -0.310. The van der Waals surface area contributed by atoms with Crippen LogP contribution in [-0.4, -0.2) is 42.4 Å². The van der Waals surface area contributed by atoms with Crippen LogP contribution in [0.15, 0.2) is 11.6 Å². The number of primary amides is 1. The van der Waals surface area contributed by atoms with E-state index in [-0.39, 0.29) is 24.4 Å². The molecule has 1 fully saturated rings. The van der Waals surface area contributed by atoms with Crippen LogP contribution < -0.4 is 11.1 Å². The van der Waals surface area contributed by atoms with Gasteiger partial charge < -0.3 is 11.1 Å². The maximum Gasteiger partial charge on any atom is 0.234 e. The molecule has 0 aromatic carbocycles. The minimum Gasteiger partial charge on any atom is -0.368 e. The lowest BCUT2D eigenvalue weighted by molar-refractivity contribution is -0.128. The molecule has 0 saturated carbocycles. The number of hydrogen-bond acceptors (Lipinski definition) is 3. The molecule has 1 heterocycles. The quantitative estimate of drug-likeness (QED) is 0.726. The molecule has 3 N–H and O–H groups in total. The summed E-state index contributed by atoms with van der Waals surface area (Å²) < 4.78 is 0. The molecule has 0 radical (unpaired) electrons. The second kappa shape index (κ2) is 8.17. The van der Waals surface area contributed by atoms with Crippen LogP contribution in [0.2, 0.25) is 0 Å². The van der Waals surface area contributed by atoms with Crippen molar-refractivity contribution in [3.63, 3.8) is 0 Å². The van der Waals surface area contributed by atoms with E-state index >= 15 is 0 Å². The number of hydrogen-bond donors (Lipinski definition) is 2. The zero-order valence-corrected chi connectivity index (χ0v) is 12.8. The topological polar surface area (TPSA) is 75.4 Å². The van der Waals surface area contributed by atoms with Crippen LogP contribution in [0.3, 0.4) is 0 Å². The third kappa shape index (κ3) is 5.16. The molecular weight excluding hydrogens is 266 g/mol. The van der Waals surface area contributed by atoms with Crippen LogP contribution in [0.5, 0.6) is 0 Å². The Labute approximate surface area is 126 Å². The Morgan fingerprint density at radius 3 is 2.86 bits per heavy atom. The second-order valence-electron chi connectivity index (χ2n) is 6.09. The number of rotatable bonds is 6. The Balaban J connectivity index is 1.70. The van der Waals surface area contributed by atoms with Gasteiger partial charge in [0.15, 0.2) is 0 Å². The van der Waals surface area contributed by atoms with Gasteiger partial charge in [-0.3, -0.25) is 14.5 Å². The van der Waals surface area contributed by atoms with Crippen molar-refractivity contribution in [3.05, 3.63) is 11.6 Å². The van der Waals surface area contributed by atoms with E-state index in [0.29, 0.717) is 6.54 Å². The van der Waals surface area contributed by atoms with Crippen molar-refractivity contribution in [1.29, 1.82) is 0 Å². The summed E-state index contributed by atoms with van der Waals surface area (Å²) in [4.78, 5) is 25.3. The Morgan fingerprint density at radius 1 is 1.29 bits per heavy atom. The first kappa shape index (κ1) is 16.0. The number of piperidine rings is 1. The van der Waals surface area contributed by atoms with Gasteiger partial charge in [-0.1, -0.05) is 18.1 Å². The number of carbonyl (C=O) groups is 2. The standard InChI is InChI=1S/C16H27N3O2/c17-16(21)14-8-4-5-11-19(14)12-15(20)18-10-9-13-6-2-1-3-7-13/h6,14H,1-5,7-12H2,(H2,17,21)(H,18,20)/t14-/m1/s1. The molecule has 0 bridgehead atoms. The lowest BCUT2D eigenvalue weighted by Crippen LogP contribution is -2.51. The average Bonchev–Trinajstić information content (AvgIpc) is 2.48. The summed E-state index contributed by atoms with van der Waals surface area (Å²) >= 11 is 0. The van der Waals surface area contributed by atoms with E-state index in [0.717, 1.165) is 32.2 Å². The smallest absolute Gasteiger partial charge is 0.234 e. The molecular formula is C16H27N3O2. The summed E-state index contributed by atoms with van der Waals surface area (Å²) in [6.07, 6.45) is 11.0. The number of nitrogens with zero attached hydrogens (tertiary/aromatic N) is 1. The molecule has 0 aromatic heterocycles. The summed E-state index contributed by atoms with van der Waals surface area (Å²) in [5.41, 5.74) is 6.88. The van der Waals surface area contributed by atoms with E-state index in [1.165, 1.54) is 31.3 Å². The molecule has 118 valence electrons. The molecule has 1 saturated heterocycles. The molecule has 1 atom stereocenters. The van der Waals surface area contributed by atoms with Gasteiger partial charge in [-0.2, -0.15) is 0 Å². The molecule has 0 unspecified atom stereocenters. The van der Waals surface area contributed by atoms with Gasteiger partial charge >= 0.3 is 0 Å². The van der Waals surface area contributed by atoms with Crippen LogP contribution in [0.25, 0.3) is 0 Å². The van der Waals surface area contributed by atoms with Gasteiger partial charge in [-0.05, 0) is 51.5 Å². The van der Waals surface area contributed by atoms with Crippen LogP contribution in [0, 0.1) is 0 Å². The highest BCUT2D eigenvalue weighted by Crippen LogP contribution is 2.19. The number of allylic oxidation sites excluding steroid dienone is 1. The maximum atomic E-state index is 12.0. The van der Waals surface area contributed by atoms with Crippen molar-refractivity contribution in [2.75, 3.05) is 19.6 Å². The lowest BCUT2D eigenvalue weighted by atomic mass is 9.97. The van der Waals surface area contributed by atoms with Crippen molar-refractivity contribution in [1.82, 2.24) is 10.2 Å². The monoisotopic (exact) mass is 293 g/mol. The maximum absolute atomic E-state index is 12.0. The second-order valence-corrected chi connectivity index (χ2v) is 6.09. The van der Waals surface area contributed by atoms with Crippen LogP contribution in [0.4, 0.5) is 0 Å². The molecule has 2 aliphatic rings. The number of nitrogens with two attached hydrogens (primary N) is 1. The summed E-state index contributed by atoms with van der Waals surface area (Å²) in [6.45, 7) is 1.76. The largest absolute Gasteiger partial charge is 0.368 e. The van der Waals surface area contributed by atoms with Crippen LogP contribution in [0.1, 0.15) is 51.4 Å².